The van der Waals surface area contributed by atoms with Crippen LogP contribution < -0.4 is 0 Å². The zero-order valence-electron chi connectivity index (χ0n) is 14.5. The Morgan fingerprint density at radius 1 is 0.636 bits per heavy atom. The number of unbranched alkanes of at least 4 members (excludes halogenated alkanes) is 11. The van der Waals surface area contributed by atoms with Crippen molar-refractivity contribution in [3.05, 3.63) is 30.3 Å². The molecule has 0 amide bonds. The van der Waals surface area contributed by atoms with Crippen LogP contribution in [0.2, 0.25) is 0 Å². The highest BCUT2D eigenvalue weighted by Crippen LogP contribution is 2.11. The van der Waals surface area contributed by atoms with Crippen LogP contribution in [0.4, 0.5) is 0 Å². The highest BCUT2D eigenvalue weighted by molar-refractivity contribution is 5.18. The van der Waals surface area contributed by atoms with Crippen LogP contribution in [0.1, 0.15) is 84.0 Å². The van der Waals surface area contributed by atoms with Crippen molar-refractivity contribution in [1.29, 1.82) is 0 Å². The lowest BCUT2D eigenvalue weighted by Gasteiger charge is -2.01. The molecule has 22 heavy (non-hydrogen) atoms. The molecule has 0 aromatic heterocycles. The summed E-state index contributed by atoms with van der Waals surface area (Å²) in [6.07, 6.45) is 16.2. The Bertz CT molecular complexity index is 286. The SMILES string of the molecule is CCCCCCCCCCCCCCO.Oc1ccccc1. The molecule has 0 unspecified atom stereocenters. The van der Waals surface area contributed by atoms with E-state index in [0.29, 0.717) is 12.4 Å². The van der Waals surface area contributed by atoms with Gasteiger partial charge in [0.25, 0.3) is 0 Å². The van der Waals surface area contributed by atoms with E-state index in [1.165, 1.54) is 70.6 Å². The van der Waals surface area contributed by atoms with E-state index in [0.717, 1.165) is 6.42 Å². The predicted octanol–water partition coefficient (Wildman–Crippen LogP) is 6.07. The molecule has 1 aromatic carbocycles. The molecule has 128 valence electrons. The van der Waals surface area contributed by atoms with Gasteiger partial charge in [-0.15, -0.1) is 0 Å². The van der Waals surface area contributed by atoms with E-state index < -0.39 is 0 Å². The second kappa shape index (κ2) is 18.0. The van der Waals surface area contributed by atoms with E-state index in [4.69, 9.17) is 10.2 Å². The van der Waals surface area contributed by atoms with Crippen molar-refractivity contribution in [3.63, 3.8) is 0 Å². The Hall–Kier alpha value is -1.02. The number of para-hydroxylation sites is 1. The third-order valence-electron chi connectivity index (χ3n) is 3.77. The summed E-state index contributed by atoms with van der Waals surface area (Å²) in [6, 6.07) is 8.71. The maximum atomic E-state index is 8.63. The molecule has 2 N–H and O–H groups in total. The Morgan fingerprint density at radius 3 is 1.36 bits per heavy atom. The van der Waals surface area contributed by atoms with Crippen LogP contribution in [0.3, 0.4) is 0 Å². The Balaban J connectivity index is 0.000000518. The molecule has 0 saturated carbocycles. The molecule has 0 heterocycles. The third kappa shape index (κ3) is 17.0. The number of aliphatic hydroxyl groups is 1. The van der Waals surface area contributed by atoms with Crippen molar-refractivity contribution in [3.8, 4) is 5.75 Å². The van der Waals surface area contributed by atoms with Gasteiger partial charge in [0, 0.05) is 6.61 Å². The fraction of sp³-hybridized carbons (Fsp3) is 0.700. The summed E-state index contributed by atoms with van der Waals surface area (Å²) in [6.45, 7) is 2.64. The van der Waals surface area contributed by atoms with E-state index in [9.17, 15) is 0 Å². The number of aromatic hydroxyl groups is 1. The molecule has 0 aliphatic rings. The highest BCUT2D eigenvalue weighted by atomic mass is 16.3. The predicted molar refractivity (Wildman–Crippen MR) is 96.3 cm³/mol. The van der Waals surface area contributed by atoms with Gasteiger partial charge in [-0.1, -0.05) is 95.8 Å². The second-order valence-corrected chi connectivity index (χ2v) is 5.95. The topological polar surface area (TPSA) is 40.5 Å². The fourth-order valence-corrected chi connectivity index (χ4v) is 2.38. The molecule has 1 aromatic rings. The zero-order valence-corrected chi connectivity index (χ0v) is 14.5. The van der Waals surface area contributed by atoms with Crippen LogP contribution in [0, 0.1) is 0 Å². The first-order valence-corrected chi connectivity index (χ1v) is 9.16. The van der Waals surface area contributed by atoms with Crippen LogP contribution in [0.5, 0.6) is 5.75 Å². The van der Waals surface area contributed by atoms with E-state index in [-0.39, 0.29) is 0 Å². The molecule has 0 spiro atoms. The van der Waals surface area contributed by atoms with Crippen molar-refractivity contribution >= 4 is 0 Å². The average molecular weight is 309 g/mol. The second-order valence-electron chi connectivity index (χ2n) is 5.95. The number of rotatable bonds is 12. The smallest absolute Gasteiger partial charge is 0.115 e. The number of phenols is 1. The van der Waals surface area contributed by atoms with Gasteiger partial charge >= 0.3 is 0 Å². The number of hydrogen-bond acceptors (Lipinski definition) is 2. The standard InChI is InChI=1S/C14H30O.C6H6O/c1-2-3-4-5-6-7-8-9-10-11-12-13-14-15;7-6-4-2-1-3-5-6/h15H,2-14H2,1H3;1-5,7H. The highest BCUT2D eigenvalue weighted by Gasteiger charge is 1.92. The van der Waals surface area contributed by atoms with Crippen molar-refractivity contribution in [1.82, 2.24) is 0 Å². The zero-order chi connectivity index (χ0) is 16.3. The minimum absolute atomic E-state index is 0.322. The molecular weight excluding hydrogens is 272 g/mol. The van der Waals surface area contributed by atoms with Crippen LogP contribution >= 0.6 is 0 Å². The van der Waals surface area contributed by atoms with Crippen LogP contribution in [-0.2, 0) is 0 Å². The van der Waals surface area contributed by atoms with Gasteiger partial charge in [-0.3, -0.25) is 0 Å². The molecular formula is C20H36O2. The van der Waals surface area contributed by atoms with Gasteiger partial charge in [0.15, 0.2) is 0 Å². The largest absolute Gasteiger partial charge is 0.508 e. The average Bonchev–Trinajstić information content (AvgIpc) is 2.54. The molecule has 2 nitrogen and oxygen atoms in total. The first-order chi connectivity index (χ1) is 10.8. The summed E-state index contributed by atoms with van der Waals surface area (Å²) in [5.74, 6) is 0.322. The van der Waals surface area contributed by atoms with Crippen molar-refractivity contribution in [2.75, 3.05) is 6.61 Å². The molecule has 0 aliphatic carbocycles. The van der Waals surface area contributed by atoms with Gasteiger partial charge < -0.3 is 10.2 Å². The van der Waals surface area contributed by atoms with Crippen LogP contribution in [0.25, 0.3) is 0 Å². The minimum atomic E-state index is 0.322. The molecule has 0 bridgehead atoms. The number of benzene rings is 1. The first kappa shape index (κ1) is 21.0. The number of hydrogen-bond donors (Lipinski definition) is 2. The van der Waals surface area contributed by atoms with E-state index >= 15 is 0 Å². The van der Waals surface area contributed by atoms with Gasteiger partial charge in [-0.2, -0.15) is 0 Å². The lowest BCUT2D eigenvalue weighted by atomic mass is 10.1. The van der Waals surface area contributed by atoms with E-state index in [1.54, 1.807) is 24.3 Å². The third-order valence-corrected chi connectivity index (χ3v) is 3.77. The molecule has 0 radical (unpaired) electrons. The summed E-state index contributed by atoms with van der Waals surface area (Å²) >= 11 is 0. The first-order valence-electron chi connectivity index (χ1n) is 9.16. The molecule has 0 saturated heterocycles. The maximum absolute atomic E-state index is 8.63. The minimum Gasteiger partial charge on any atom is -0.508 e. The normalized spacial score (nSPS) is 10.1. The lowest BCUT2D eigenvalue weighted by Crippen LogP contribution is -1.84. The Labute approximate surface area is 137 Å². The summed E-state index contributed by atoms with van der Waals surface area (Å²) in [4.78, 5) is 0. The number of aliphatic hydroxyl groups excluding tert-OH is 1. The van der Waals surface area contributed by atoms with Crippen LogP contribution in [-0.4, -0.2) is 16.8 Å². The van der Waals surface area contributed by atoms with Gasteiger partial charge in [0.05, 0.1) is 0 Å². The lowest BCUT2D eigenvalue weighted by molar-refractivity contribution is 0.282. The van der Waals surface area contributed by atoms with Gasteiger partial charge in [-0.25, -0.2) is 0 Å². The summed E-state index contributed by atoms with van der Waals surface area (Å²) < 4.78 is 0. The molecule has 0 atom stereocenters. The maximum Gasteiger partial charge on any atom is 0.115 e. The van der Waals surface area contributed by atoms with Crippen molar-refractivity contribution in [2.45, 2.75) is 84.0 Å². The van der Waals surface area contributed by atoms with Gasteiger partial charge in [-0.05, 0) is 18.6 Å². The quantitative estimate of drug-likeness (QED) is 0.460. The number of phenolic OH excluding ortho intramolecular Hbond substituents is 1. The summed E-state index contributed by atoms with van der Waals surface area (Å²) in [7, 11) is 0. The summed E-state index contributed by atoms with van der Waals surface area (Å²) in [5, 5.41) is 17.2. The van der Waals surface area contributed by atoms with Crippen molar-refractivity contribution in [2.24, 2.45) is 0 Å². The van der Waals surface area contributed by atoms with Gasteiger partial charge in [0.2, 0.25) is 0 Å². The molecule has 2 heteroatoms. The van der Waals surface area contributed by atoms with E-state index in [2.05, 4.69) is 6.92 Å². The molecule has 0 aliphatic heterocycles. The summed E-state index contributed by atoms with van der Waals surface area (Å²) in [5.41, 5.74) is 0. The van der Waals surface area contributed by atoms with Gasteiger partial charge in [0.1, 0.15) is 5.75 Å². The molecule has 1 rings (SSSR count). The Morgan fingerprint density at radius 2 is 1.05 bits per heavy atom. The van der Waals surface area contributed by atoms with Crippen molar-refractivity contribution < 1.29 is 10.2 Å². The molecule has 0 fully saturated rings. The fourth-order valence-electron chi connectivity index (χ4n) is 2.38. The van der Waals surface area contributed by atoms with E-state index in [1.807, 2.05) is 6.07 Å². The monoisotopic (exact) mass is 308 g/mol. The van der Waals surface area contributed by atoms with Crippen LogP contribution in [0.15, 0.2) is 30.3 Å². The Kier molecular flexibility index (Phi) is 17.2.